The lowest BCUT2D eigenvalue weighted by atomic mass is 9.95. The molecule has 3 fully saturated rings. The number of nitrogens with zero attached hydrogens (tertiary/aromatic N) is 1. The van der Waals surface area contributed by atoms with E-state index < -0.39 is 11.6 Å². The Bertz CT molecular complexity index is 375. The van der Waals surface area contributed by atoms with Crippen LogP contribution in [0.2, 0.25) is 0 Å². The average molecular weight is 393 g/mol. The number of likely N-dealkylation sites (tertiary alicyclic amines) is 1. The zero-order chi connectivity index (χ0) is 15.6. The maximum absolute atomic E-state index is 12.9. The van der Waals surface area contributed by atoms with Crippen LogP contribution in [0.1, 0.15) is 38.5 Å². The van der Waals surface area contributed by atoms with E-state index in [0.717, 1.165) is 39.0 Å². The van der Waals surface area contributed by atoms with Gasteiger partial charge in [-0.15, -0.1) is 24.8 Å². The molecule has 0 aromatic carbocycles. The molecular formula is C16H29Cl2F3N2O. The van der Waals surface area contributed by atoms with E-state index in [2.05, 4.69) is 10.2 Å². The van der Waals surface area contributed by atoms with Gasteiger partial charge in [-0.25, -0.2) is 0 Å². The van der Waals surface area contributed by atoms with E-state index in [1.54, 1.807) is 0 Å². The molecule has 1 atom stereocenters. The Balaban J connectivity index is 0.00000144. The Morgan fingerprint density at radius 2 is 1.75 bits per heavy atom. The van der Waals surface area contributed by atoms with E-state index in [1.165, 1.54) is 12.8 Å². The first-order valence-corrected chi connectivity index (χ1v) is 8.59. The number of piperidine rings is 2. The van der Waals surface area contributed by atoms with Crippen LogP contribution in [0.3, 0.4) is 0 Å². The lowest BCUT2D eigenvalue weighted by molar-refractivity contribution is -0.202. The maximum Gasteiger partial charge on any atom is 0.396 e. The largest absolute Gasteiger partial charge is 0.396 e. The second kappa shape index (κ2) is 9.26. The molecule has 1 N–H and O–H groups in total. The first-order chi connectivity index (χ1) is 10.5. The van der Waals surface area contributed by atoms with Gasteiger partial charge >= 0.3 is 6.18 Å². The van der Waals surface area contributed by atoms with E-state index in [1.807, 2.05) is 0 Å². The molecule has 0 bridgehead atoms. The number of rotatable bonds is 5. The summed E-state index contributed by atoms with van der Waals surface area (Å²) in [7, 11) is 0. The lowest BCUT2D eigenvalue weighted by Gasteiger charge is -2.40. The molecule has 3 rings (SSSR count). The smallest absolute Gasteiger partial charge is 0.380 e. The van der Waals surface area contributed by atoms with Gasteiger partial charge in [-0.05, 0) is 64.1 Å². The minimum absolute atomic E-state index is 0. The molecule has 3 nitrogen and oxygen atoms in total. The Kier molecular flexibility index (Phi) is 8.60. The van der Waals surface area contributed by atoms with Crippen molar-refractivity contribution in [3.05, 3.63) is 0 Å². The molecule has 144 valence electrons. The second-order valence-corrected chi connectivity index (χ2v) is 7.28. The van der Waals surface area contributed by atoms with Crippen LogP contribution in [0.5, 0.6) is 0 Å². The molecule has 8 heteroatoms. The van der Waals surface area contributed by atoms with Crippen molar-refractivity contribution in [3.8, 4) is 0 Å². The number of alkyl halides is 3. The highest BCUT2D eigenvalue weighted by Crippen LogP contribution is 2.57. The normalized spacial score (nSPS) is 27.9. The summed E-state index contributed by atoms with van der Waals surface area (Å²) in [4.78, 5) is 2.54. The summed E-state index contributed by atoms with van der Waals surface area (Å²) < 4.78 is 44.1. The van der Waals surface area contributed by atoms with E-state index >= 15 is 0 Å². The molecule has 2 aliphatic heterocycles. The molecule has 0 spiro atoms. The number of hydrogen-bond acceptors (Lipinski definition) is 3. The van der Waals surface area contributed by atoms with Gasteiger partial charge in [-0.2, -0.15) is 13.2 Å². The van der Waals surface area contributed by atoms with E-state index in [4.69, 9.17) is 4.74 Å². The zero-order valence-corrected chi connectivity index (χ0v) is 15.6. The summed E-state index contributed by atoms with van der Waals surface area (Å²) >= 11 is 0. The van der Waals surface area contributed by atoms with Gasteiger partial charge in [0, 0.05) is 12.6 Å². The van der Waals surface area contributed by atoms with Crippen molar-refractivity contribution in [3.63, 3.8) is 0 Å². The van der Waals surface area contributed by atoms with Crippen molar-refractivity contribution < 1.29 is 17.9 Å². The third-order valence-corrected chi connectivity index (χ3v) is 5.56. The predicted molar refractivity (Wildman–Crippen MR) is 93.2 cm³/mol. The monoisotopic (exact) mass is 392 g/mol. The quantitative estimate of drug-likeness (QED) is 0.772. The van der Waals surface area contributed by atoms with Crippen LogP contribution in [-0.4, -0.2) is 56.5 Å². The number of halogens is 5. The molecule has 1 aliphatic carbocycles. The Morgan fingerprint density at radius 3 is 2.33 bits per heavy atom. The van der Waals surface area contributed by atoms with Crippen LogP contribution in [0.15, 0.2) is 0 Å². The van der Waals surface area contributed by atoms with Gasteiger partial charge in [-0.3, -0.25) is 4.90 Å². The fraction of sp³-hybridized carbons (Fsp3) is 1.00. The van der Waals surface area contributed by atoms with E-state index in [9.17, 15) is 13.2 Å². The summed E-state index contributed by atoms with van der Waals surface area (Å²) in [6, 6.07) is 0.647. The Hall–Kier alpha value is 0.250. The van der Waals surface area contributed by atoms with Crippen LogP contribution in [0.25, 0.3) is 0 Å². The number of ether oxygens (including phenoxy) is 1. The highest BCUT2D eigenvalue weighted by molar-refractivity contribution is 5.85. The summed E-state index contributed by atoms with van der Waals surface area (Å²) in [6.45, 7) is 4.63. The average Bonchev–Trinajstić information content (AvgIpc) is 3.29. The van der Waals surface area contributed by atoms with Gasteiger partial charge in [0.2, 0.25) is 0 Å². The second-order valence-electron chi connectivity index (χ2n) is 7.28. The Labute approximate surface area is 154 Å². The van der Waals surface area contributed by atoms with Crippen molar-refractivity contribution in [2.75, 3.05) is 39.4 Å². The van der Waals surface area contributed by atoms with Crippen molar-refractivity contribution in [2.45, 2.75) is 50.7 Å². The minimum atomic E-state index is -4.10. The predicted octanol–water partition coefficient (Wildman–Crippen LogP) is 3.65. The molecule has 0 radical (unpaired) electrons. The highest BCUT2D eigenvalue weighted by Gasteiger charge is 2.63. The van der Waals surface area contributed by atoms with Gasteiger partial charge in [0.1, 0.15) is 0 Å². The summed E-state index contributed by atoms with van der Waals surface area (Å²) in [5.41, 5.74) is -1.52. The van der Waals surface area contributed by atoms with Gasteiger partial charge in [0.25, 0.3) is 0 Å². The molecule has 0 amide bonds. The number of nitrogens with one attached hydrogen (secondary N) is 1. The molecule has 1 unspecified atom stereocenters. The first-order valence-electron chi connectivity index (χ1n) is 8.59. The third-order valence-electron chi connectivity index (χ3n) is 5.56. The van der Waals surface area contributed by atoms with Gasteiger partial charge < -0.3 is 10.1 Å². The summed E-state index contributed by atoms with van der Waals surface area (Å²) in [6.07, 6.45) is 0.976. The summed E-state index contributed by atoms with van der Waals surface area (Å²) in [5, 5.41) is 3.38. The van der Waals surface area contributed by atoms with Crippen LogP contribution < -0.4 is 5.32 Å². The van der Waals surface area contributed by atoms with Crippen LogP contribution in [-0.2, 0) is 4.74 Å². The molecule has 1 saturated carbocycles. The first kappa shape index (κ1) is 22.3. The standard InChI is InChI=1S/C16H27F3N2O.2ClH/c17-16(18,19)15(5-6-15)12-22-11-13-2-1-9-21(10-13)14-3-7-20-8-4-14;;/h13-14,20H,1-12H2;2*1H. The van der Waals surface area contributed by atoms with E-state index in [0.29, 0.717) is 18.6 Å². The topological polar surface area (TPSA) is 24.5 Å². The molecule has 3 aliphatic rings. The fourth-order valence-electron chi connectivity index (χ4n) is 3.82. The van der Waals surface area contributed by atoms with Crippen molar-refractivity contribution >= 4 is 24.8 Å². The lowest BCUT2D eigenvalue weighted by Crippen LogP contribution is -2.48. The highest BCUT2D eigenvalue weighted by atomic mass is 35.5. The van der Waals surface area contributed by atoms with Gasteiger partial charge in [-0.1, -0.05) is 0 Å². The zero-order valence-electron chi connectivity index (χ0n) is 13.9. The molecule has 0 aromatic heterocycles. The van der Waals surface area contributed by atoms with Crippen LogP contribution in [0.4, 0.5) is 13.2 Å². The van der Waals surface area contributed by atoms with Crippen LogP contribution in [0, 0.1) is 11.3 Å². The van der Waals surface area contributed by atoms with Crippen LogP contribution >= 0.6 is 24.8 Å². The molecular weight excluding hydrogens is 364 g/mol. The van der Waals surface area contributed by atoms with Crippen molar-refractivity contribution in [1.82, 2.24) is 10.2 Å². The van der Waals surface area contributed by atoms with Gasteiger partial charge in [0.05, 0.1) is 18.6 Å². The maximum atomic E-state index is 12.9. The fourth-order valence-corrected chi connectivity index (χ4v) is 3.82. The SMILES string of the molecule is Cl.Cl.FC(F)(F)C1(COCC2CCCN(C3CCNCC3)C2)CC1. The minimum Gasteiger partial charge on any atom is -0.380 e. The molecule has 24 heavy (non-hydrogen) atoms. The molecule has 2 saturated heterocycles. The summed E-state index contributed by atoms with van der Waals surface area (Å²) in [5.74, 6) is 0.396. The van der Waals surface area contributed by atoms with Gasteiger partial charge in [0.15, 0.2) is 0 Å². The van der Waals surface area contributed by atoms with Crippen molar-refractivity contribution in [1.29, 1.82) is 0 Å². The van der Waals surface area contributed by atoms with Crippen molar-refractivity contribution in [2.24, 2.45) is 11.3 Å². The number of hydrogen-bond donors (Lipinski definition) is 1. The molecule has 2 heterocycles. The Morgan fingerprint density at radius 1 is 1.08 bits per heavy atom. The van der Waals surface area contributed by atoms with E-state index in [-0.39, 0.29) is 44.3 Å². The third kappa shape index (κ3) is 5.37. The molecule has 0 aromatic rings.